The van der Waals surface area contributed by atoms with Gasteiger partial charge in [-0.25, -0.2) is 0 Å². The number of nitrogens with one attached hydrogen (secondary N) is 3. The molecule has 0 heterocycles. The summed E-state index contributed by atoms with van der Waals surface area (Å²) in [5, 5.41) is 9.90. The third kappa shape index (κ3) is 10.1. The zero-order chi connectivity index (χ0) is 22.7. The number of nitrogens with zero attached hydrogens (tertiary/aromatic N) is 1. The van der Waals surface area contributed by atoms with Crippen molar-refractivity contribution in [2.45, 2.75) is 64.3 Å². The Labute approximate surface area is 215 Å². The zero-order valence-corrected chi connectivity index (χ0v) is 22.5. The summed E-state index contributed by atoms with van der Waals surface area (Å²) in [7, 11) is 1.82. The van der Waals surface area contributed by atoms with Gasteiger partial charge in [-0.2, -0.15) is 0 Å². The van der Waals surface area contributed by atoms with Gasteiger partial charge >= 0.3 is 0 Å². The second-order valence-corrected chi connectivity index (χ2v) is 9.03. The van der Waals surface area contributed by atoms with Crippen LogP contribution in [0.25, 0.3) is 0 Å². The second-order valence-electron chi connectivity index (χ2n) is 9.03. The molecule has 2 aliphatic carbocycles. The van der Waals surface area contributed by atoms with Crippen LogP contribution in [0.5, 0.6) is 5.75 Å². The molecule has 0 radical (unpaired) electrons. The van der Waals surface area contributed by atoms with Crippen molar-refractivity contribution in [2.75, 3.05) is 40.0 Å². The summed E-state index contributed by atoms with van der Waals surface area (Å²) in [4.78, 5) is 16.1. The first-order chi connectivity index (χ1) is 15.6. The fourth-order valence-corrected chi connectivity index (χ4v) is 4.29. The fraction of sp³-hybridized carbons (Fsp3) is 0.680. The SMILES string of the molecule is CCOCCC1(CNC(=NC)NCCc2ccc(OCC(=O)NC3CC3)cc2)CCCC1.I. The molecule has 186 valence electrons. The van der Waals surface area contributed by atoms with Gasteiger partial charge in [0.1, 0.15) is 5.75 Å². The Bertz CT molecular complexity index is 732. The Morgan fingerprint density at radius 1 is 1.15 bits per heavy atom. The van der Waals surface area contributed by atoms with Crippen LogP contribution in [0.3, 0.4) is 0 Å². The van der Waals surface area contributed by atoms with Gasteiger partial charge in [0.05, 0.1) is 0 Å². The van der Waals surface area contributed by atoms with E-state index in [1.54, 1.807) is 0 Å². The number of carbonyl (C=O) groups excluding carboxylic acids is 1. The van der Waals surface area contributed by atoms with Crippen LogP contribution in [0.1, 0.15) is 57.4 Å². The first-order valence-corrected chi connectivity index (χ1v) is 12.2. The van der Waals surface area contributed by atoms with E-state index in [9.17, 15) is 4.79 Å². The Balaban J connectivity index is 0.00000385. The van der Waals surface area contributed by atoms with Crippen LogP contribution in [-0.2, 0) is 16.0 Å². The number of halogens is 1. The van der Waals surface area contributed by atoms with Crippen LogP contribution in [-0.4, -0.2) is 57.9 Å². The molecule has 7 nitrogen and oxygen atoms in total. The lowest BCUT2D eigenvalue weighted by molar-refractivity contribution is -0.123. The minimum Gasteiger partial charge on any atom is -0.484 e. The number of guanidine groups is 1. The molecule has 0 saturated heterocycles. The molecule has 2 fully saturated rings. The van der Waals surface area contributed by atoms with Gasteiger partial charge in [0, 0.05) is 39.4 Å². The lowest BCUT2D eigenvalue weighted by Gasteiger charge is -2.30. The van der Waals surface area contributed by atoms with Gasteiger partial charge in [-0.3, -0.25) is 9.79 Å². The molecule has 33 heavy (non-hydrogen) atoms. The number of hydrogen-bond acceptors (Lipinski definition) is 4. The van der Waals surface area contributed by atoms with Gasteiger partial charge in [0.15, 0.2) is 12.6 Å². The molecule has 2 saturated carbocycles. The van der Waals surface area contributed by atoms with Gasteiger partial charge in [-0.1, -0.05) is 25.0 Å². The van der Waals surface area contributed by atoms with Gasteiger partial charge < -0.3 is 25.4 Å². The van der Waals surface area contributed by atoms with Crippen LogP contribution in [0.4, 0.5) is 0 Å². The molecule has 0 atom stereocenters. The van der Waals surface area contributed by atoms with Crippen LogP contribution in [0.2, 0.25) is 0 Å². The molecule has 0 bridgehead atoms. The lowest BCUT2D eigenvalue weighted by Crippen LogP contribution is -2.44. The summed E-state index contributed by atoms with van der Waals surface area (Å²) in [6.45, 7) is 5.51. The summed E-state index contributed by atoms with van der Waals surface area (Å²) in [5.74, 6) is 1.53. The van der Waals surface area contributed by atoms with E-state index >= 15 is 0 Å². The van der Waals surface area contributed by atoms with E-state index in [0.29, 0.717) is 11.5 Å². The first-order valence-electron chi connectivity index (χ1n) is 12.2. The molecule has 0 aliphatic heterocycles. The fourth-order valence-electron chi connectivity index (χ4n) is 4.29. The average molecular weight is 573 g/mol. The molecule has 3 rings (SSSR count). The number of hydrogen-bond donors (Lipinski definition) is 3. The number of carbonyl (C=O) groups is 1. The highest BCUT2D eigenvalue weighted by atomic mass is 127. The predicted octanol–water partition coefficient (Wildman–Crippen LogP) is 3.66. The Morgan fingerprint density at radius 3 is 2.52 bits per heavy atom. The van der Waals surface area contributed by atoms with Gasteiger partial charge in [0.25, 0.3) is 5.91 Å². The first kappa shape index (κ1) is 27.7. The molecular formula is C25H41IN4O3. The van der Waals surface area contributed by atoms with Crippen LogP contribution < -0.4 is 20.7 Å². The number of rotatable bonds is 13. The molecule has 0 aromatic heterocycles. The van der Waals surface area contributed by atoms with E-state index in [-0.39, 0.29) is 36.5 Å². The standard InChI is InChI=1S/C25H40N4O3.HI/c1-3-31-17-15-25(13-4-5-14-25)19-28-24(26-2)27-16-12-20-6-10-22(11-7-20)32-18-23(30)29-21-8-9-21;/h6-7,10-11,21H,3-5,8-9,12-19H2,1-2H3,(H,29,30)(H2,26,27,28);1H. The summed E-state index contributed by atoms with van der Waals surface area (Å²) in [6, 6.07) is 8.32. The molecular weight excluding hydrogens is 531 g/mol. The van der Waals surface area contributed by atoms with Crippen molar-refractivity contribution in [3.05, 3.63) is 29.8 Å². The van der Waals surface area contributed by atoms with Crippen molar-refractivity contribution in [1.82, 2.24) is 16.0 Å². The Hall–Kier alpha value is -1.55. The van der Waals surface area contributed by atoms with Gasteiger partial charge in [-0.15, -0.1) is 24.0 Å². The third-order valence-corrected chi connectivity index (χ3v) is 6.44. The van der Waals surface area contributed by atoms with Crippen LogP contribution in [0, 0.1) is 5.41 Å². The zero-order valence-electron chi connectivity index (χ0n) is 20.2. The summed E-state index contributed by atoms with van der Waals surface area (Å²) < 4.78 is 11.2. The van der Waals surface area contributed by atoms with E-state index in [0.717, 1.165) is 63.7 Å². The number of aliphatic imine (C=N–C) groups is 1. The smallest absolute Gasteiger partial charge is 0.258 e. The monoisotopic (exact) mass is 572 g/mol. The van der Waals surface area contributed by atoms with Crippen molar-refractivity contribution < 1.29 is 14.3 Å². The van der Waals surface area contributed by atoms with Gasteiger partial charge in [0.2, 0.25) is 0 Å². The Morgan fingerprint density at radius 2 is 1.88 bits per heavy atom. The minimum absolute atomic E-state index is 0. The molecule has 3 N–H and O–H groups in total. The quantitative estimate of drug-likeness (QED) is 0.146. The van der Waals surface area contributed by atoms with E-state index in [1.807, 2.05) is 31.3 Å². The number of benzene rings is 1. The third-order valence-electron chi connectivity index (χ3n) is 6.44. The Kier molecular flexibility index (Phi) is 12.3. The molecule has 1 aromatic carbocycles. The number of ether oxygens (including phenoxy) is 2. The molecule has 1 amide bonds. The minimum atomic E-state index is -0.0445. The maximum atomic E-state index is 11.7. The van der Waals surface area contributed by atoms with E-state index in [4.69, 9.17) is 9.47 Å². The second kappa shape index (κ2) is 14.7. The van der Waals surface area contributed by atoms with Crippen LogP contribution in [0.15, 0.2) is 29.3 Å². The van der Waals surface area contributed by atoms with Crippen molar-refractivity contribution >= 4 is 35.8 Å². The highest BCUT2D eigenvalue weighted by molar-refractivity contribution is 14.0. The predicted molar refractivity (Wildman–Crippen MR) is 144 cm³/mol. The summed E-state index contributed by atoms with van der Waals surface area (Å²) in [5.41, 5.74) is 1.55. The van der Waals surface area contributed by atoms with Crippen molar-refractivity contribution in [3.63, 3.8) is 0 Å². The highest BCUT2D eigenvalue weighted by Crippen LogP contribution is 2.40. The molecule has 2 aliphatic rings. The normalized spacial score (nSPS) is 17.2. The van der Waals surface area contributed by atoms with Crippen LogP contribution >= 0.6 is 24.0 Å². The molecule has 1 aromatic rings. The lowest BCUT2D eigenvalue weighted by atomic mass is 9.83. The van der Waals surface area contributed by atoms with E-state index < -0.39 is 0 Å². The maximum Gasteiger partial charge on any atom is 0.258 e. The largest absolute Gasteiger partial charge is 0.484 e. The molecule has 0 spiro atoms. The van der Waals surface area contributed by atoms with Crippen molar-refractivity contribution in [3.8, 4) is 5.75 Å². The molecule has 8 heteroatoms. The topological polar surface area (TPSA) is 84.0 Å². The maximum absolute atomic E-state index is 11.7. The number of amides is 1. The summed E-state index contributed by atoms with van der Waals surface area (Å²) in [6.07, 6.45) is 9.32. The van der Waals surface area contributed by atoms with Crippen molar-refractivity contribution in [2.24, 2.45) is 10.4 Å². The highest BCUT2D eigenvalue weighted by Gasteiger charge is 2.33. The average Bonchev–Trinajstić information content (AvgIpc) is 3.50. The summed E-state index contributed by atoms with van der Waals surface area (Å²) >= 11 is 0. The van der Waals surface area contributed by atoms with Gasteiger partial charge in [-0.05, 0) is 68.6 Å². The van der Waals surface area contributed by atoms with E-state index in [2.05, 4.69) is 27.9 Å². The molecule has 0 unspecified atom stereocenters. The van der Waals surface area contributed by atoms with Crippen molar-refractivity contribution in [1.29, 1.82) is 0 Å². The van der Waals surface area contributed by atoms with E-state index in [1.165, 1.54) is 31.2 Å².